The zero-order valence-electron chi connectivity index (χ0n) is 26.4. The van der Waals surface area contributed by atoms with Gasteiger partial charge in [0.05, 0.1) is 13.2 Å². The molecule has 3 atom stereocenters. The van der Waals surface area contributed by atoms with Crippen molar-refractivity contribution >= 4 is 13.4 Å². The van der Waals surface area contributed by atoms with Crippen molar-refractivity contribution in [2.75, 3.05) is 27.3 Å². The molecular weight excluding hydrogens is 521 g/mol. The number of carbonyl (C=O) groups excluding carboxylic acids is 1. The molecule has 0 amide bonds. The van der Waals surface area contributed by atoms with Crippen LogP contribution in [0.3, 0.4) is 0 Å². The Hall–Kier alpha value is -1.20. The summed E-state index contributed by atoms with van der Waals surface area (Å²) < 4.78 is 24.5. The van der Waals surface area contributed by atoms with E-state index in [9.17, 15) is 14.3 Å². The zero-order chi connectivity index (χ0) is 29.6. The molecule has 6 nitrogen and oxygen atoms in total. The number of Topliss-reactive ketones (excluding diaryl/α,β-unsaturated/α-hetero) is 1. The monoisotopic (exact) mass is 581 g/mol. The Kier molecular flexibility index (Phi) is 20.6. The van der Waals surface area contributed by atoms with Crippen LogP contribution in [0.5, 0.6) is 5.75 Å². The first-order valence-corrected chi connectivity index (χ1v) is 17.7. The molecule has 0 saturated heterocycles. The number of carbonyl (C=O) groups is 1. The van der Waals surface area contributed by atoms with Crippen LogP contribution in [-0.2, 0) is 20.3 Å². The summed E-state index contributed by atoms with van der Waals surface area (Å²) in [4.78, 5) is 24.6. The molecule has 0 bridgehead atoms. The lowest BCUT2D eigenvalue weighted by atomic mass is 9.94. The highest BCUT2D eigenvalue weighted by Crippen LogP contribution is 2.50. The minimum absolute atomic E-state index is 0.0881. The van der Waals surface area contributed by atoms with Crippen molar-refractivity contribution in [2.24, 2.45) is 5.92 Å². The average molecular weight is 582 g/mol. The number of nitrogens with zero attached hydrogens (tertiary/aromatic N) is 1. The van der Waals surface area contributed by atoms with Gasteiger partial charge in [0.2, 0.25) is 0 Å². The van der Waals surface area contributed by atoms with Gasteiger partial charge >= 0.3 is 7.60 Å². The lowest BCUT2D eigenvalue weighted by Gasteiger charge is -2.29. The van der Waals surface area contributed by atoms with Crippen molar-refractivity contribution in [3.05, 3.63) is 29.8 Å². The molecule has 232 valence electrons. The van der Waals surface area contributed by atoms with E-state index in [0.29, 0.717) is 25.7 Å². The van der Waals surface area contributed by atoms with Crippen molar-refractivity contribution in [1.82, 2.24) is 4.90 Å². The molecule has 1 rings (SSSR count). The number of benzene rings is 1. The molecule has 7 heteroatoms. The van der Waals surface area contributed by atoms with E-state index in [2.05, 4.69) is 6.92 Å². The van der Waals surface area contributed by atoms with Gasteiger partial charge in [0.1, 0.15) is 17.3 Å². The highest BCUT2D eigenvalue weighted by atomic mass is 31.2. The normalized spacial score (nSPS) is 14.7. The van der Waals surface area contributed by atoms with Crippen molar-refractivity contribution in [3.63, 3.8) is 0 Å². The maximum absolute atomic E-state index is 13.0. The molecule has 1 N–H and O–H groups in total. The van der Waals surface area contributed by atoms with E-state index in [1.807, 2.05) is 38.1 Å². The molecule has 0 spiro atoms. The van der Waals surface area contributed by atoms with E-state index in [4.69, 9.17) is 9.26 Å². The second kappa shape index (κ2) is 22.4. The van der Waals surface area contributed by atoms with Crippen LogP contribution >= 0.6 is 7.60 Å². The van der Waals surface area contributed by atoms with Crippen LogP contribution < -0.4 is 4.74 Å². The van der Waals surface area contributed by atoms with Gasteiger partial charge in [-0.25, -0.2) is 0 Å². The van der Waals surface area contributed by atoms with Gasteiger partial charge in [-0.1, -0.05) is 110 Å². The van der Waals surface area contributed by atoms with E-state index >= 15 is 0 Å². The third kappa shape index (κ3) is 16.9. The van der Waals surface area contributed by atoms with Crippen LogP contribution in [-0.4, -0.2) is 48.7 Å². The lowest BCUT2D eigenvalue weighted by molar-refractivity contribution is -0.119. The maximum Gasteiger partial charge on any atom is 0.345 e. The van der Waals surface area contributed by atoms with Gasteiger partial charge in [-0.3, -0.25) is 14.3 Å². The van der Waals surface area contributed by atoms with Gasteiger partial charge in [-0.05, 0) is 57.0 Å². The van der Waals surface area contributed by atoms with E-state index in [1.165, 1.54) is 70.6 Å². The number of ketones is 1. The molecule has 0 aromatic heterocycles. The van der Waals surface area contributed by atoms with Crippen LogP contribution in [0.15, 0.2) is 24.3 Å². The number of hydrogen-bond donors (Lipinski definition) is 1. The van der Waals surface area contributed by atoms with Gasteiger partial charge in [0, 0.05) is 12.8 Å². The van der Waals surface area contributed by atoms with Crippen LogP contribution in [0.4, 0.5) is 0 Å². The fourth-order valence-corrected chi connectivity index (χ4v) is 6.88. The molecular formula is C33H60NO5P. The topological polar surface area (TPSA) is 76.1 Å². The Morgan fingerprint density at radius 2 is 1.40 bits per heavy atom. The number of hydrogen-bond acceptors (Lipinski definition) is 5. The van der Waals surface area contributed by atoms with Crippen LogP contribution in [0.1, 0.15) is 129 Å². The van der Waals surface area contributed by atoms with Crippen molar-refractivity contribution in [3.8, 4) is 5.75 Å². The summed E-state index contributed by atoms with van der Waals surface area (Å²) in [5.74, 6) is 0.311. The van der Waals surface area contributed by atoms with Crippen LogP contribution in [0.2, 0.25) is 0 Å². The quantitative estimate of drug-likeness (QED) is 0.0868. The van der Waals surface area contributed by atoms with E-state index in [0.717, 1.165) is 30.8 Å². The van der Waals surface area contributed by atoms with E-state index in [1.54, 1.807) is 19.0 Å². The maximum atomic E-state index is 13.0. The van der Waals surface area contributed by atoms with E-state index < -0.39 is 13.4 Å². The third-order valence-corrected chi connectivity index (χ3v) is 9.63. The second-order valence-electron chi connectivity index (χ2n) is 11.6. The Labute approximate surface area is 246 Å². The summed E-state index contributed by atoms with van der Waals surface area (Å²) in [5, 5.41) is 0. The summed E-state index contributed by atoms with van der Waals surface area (Å²) in [6.45, 7) is 6.93. The van der Waals surface area contributed by atoms with Gasteiger partial charge < -0.3 is 14.2 Å². The minimum Gasteiger partial charge on any atom is -0.494 e. The van der Waals surface area contributed by atoms with Crippen molar-refractivity contribution in [1.29, 1.82) is 0 Å². The van der Waals surface area contributed by atoms with Gasteiger partial charge in [-0.15, -0.1) is 0 Å². The summed E-state index contributed by atoms with van der Waals surface area (Å²) in [5.41, 5.74) is 1.07. The first-order valence-electron chi connectivity index (χ1n) is 16.1. The van der Waals surface area contributed by atoms with Crippen molar-refractivity contribution < 1.29 is 23.5 Å². The largest absolute Gasteiger partial charge is 0.494 e. The minimum atomic E-state index is -3.83. The van der Waals surface area contributed by atoms with Crippen LogP contribution in [0.25, 0.3) is 0 Å². The highest BCUT2D eigenvalue weighted by Gasteiger charge is 2.34. The molecule has 0 fully saturated rings. The molecule has 1 aromatic carbocycles. The predicted octanol–water partition coefficient (Wildman–Crippen LogP) is 9.18. The fraction of sp³-hybridized carbons (Fsp3) is 0.788. The Bertz CT molecular complexity index is 814. The first kappa shape index (κ1) is 36.8. The van der Waals surface area contributed by atoms with Crippen LogP contribution in [0, 0.1) is 5.92 Å². The molecule has 0 aliphatic carbocycles. The molecule has 0 heterocycles. The number of ether oxygens (including phenoxy) is 1. The molecule has 3 unspecified atom stereocenters. The molecule has 1 aromatic rings. The van der Waals surface area contributed by atoms with E-state index in [-0.39, 0.29) is 18.3 Å². The second-order valence-corrected chi connectivity index (χ2v) is 13.6. The zero-order valence-corrected chi connectivity index (χ0v) is 27.3. The summed E-state index contributed by atoms with van der Waals surface area (Å²) in [6.07, 6.45) is 18.7. The standard InChI is InChI=1S/C33H60NO5P/c1-6-9-10-11-12-13-14-15-16-17-18-19-25-38-32-23-21-29(22-24-32)26-30(27-31(35)8-3)28-39-40(36,37)33(20-7-2)34(4)5/h21-24,30,33H,6-20,25-28H2,1-5H3,(H,36,37). The molecule has 0 radical (unpaired) electrons. The van der Waals surface area contributed by atoms with Gasteiger partial charge in [-0.2, -0.15) is 0 Å². The Morgan fingerprint density at radius 3 is 1.90 bits per heavy atom. The average Bonchev–Trinajstić information content (AvgIpc) is 2.93. The third-order valence-electron chi connectivity index (χ3n) is 7.64. The van der Waals surface area contributed by atoms with Gasteiger partial charge in [0.25, 0.3) is 0 Å². The Balaban J connectivity index is 2.40. The number of rotatable bonds is 26. The molecule has 0 aliphatic rings. The van der Waals surface area contributed by atoms with Crippen molar-refractivity contribution in [2.45, 2.75) is 136 Å². The predicted molar refractivity (Wildman–Crippen MR) is 168 cm³/mol. The number of unbranched alkanes of at least 4 members (excludes halogenated alkanes) is 11. The Morgan fingerprint density at radius 1 is 0.850 bits per heavy atom. The SMILES string of the molecule is CCCCCCCCCCCCCCOc1ccc(CC(COP(=O)(O)C(CCC)N(C)C)CC(=O)CC)cc1. The van der Waals surface area contributed by atoms with Gasteiger partial charge in [0.15, 0.2) is 0 Å². The first-order chi connectivity index (χ1) is 19.2. The lowest BCUT2D eigenvalue weighted by Crippen LogP contribution is -2.29. The molecule has 0 saturated carbocycles. The fourth-order valence-electron chi connectivity index (χ4n) is 5.11. The smallest absolute Gasteiger partial charge is 0.345 e. The summed E-state index contributed by atoms with van der Waals surface area (Å²) in [6, 6.07) is 8.02. The highest BCUT2D eigenvalue weighted by molar-refractivity contribution is 7.53. The summed E-state index contributed by atoms with van der Waals surface area (Å²) >= 11 is 0. The molecule has 0 aliphatic heterocycles. The molecule has 40 heavy (non-hydrogen) atoms. The summed E-state index contributed by atoms with van der Waals surface area (Å²) in [7, 11) is -0.237.